The molecule has 1 aromatic rings. The van der Waals surface area contributed by atoms with Crippen molar-refractivity contribution in [3.8, 4) is 0 Å². The first-order valence-electron chi connectivity index (χ1n) is 6.09. The number of carbonyl (C=O) groups excluding carboxylic acids is 2. The monoisotopic (exact) mass is 267 g/mol. The summed E-state index contributed by atoms with van der Waals surface area (Å²) >= 11 is 0. The van der Waals surface area contributed by atoms with E-state index >= 15 is 0 Å². The molecule has 1 heterocycles. The summed E-state index contributed by atoms with van der Waals surface area (Å²) in [6.45, 7) is 6.18. The molecule has 0 radical (unpaired) electrons. The molecule has 6 heteroatoms. The second-order valence-corrected chi connectivity index (χ2v) is 5.50. The van der Waals surface area contributed by atoms with Crippen LogP contribution in [0.25, 0.3) is 0 Å². The molecule has 3 amide bonds. The maximum absolute atomic E-state index is 11.6. The van der Waals surface area contributed by atoms with Gasteiger partial charge < -0.3 is 9.73 Å². The molecule has 0 aliphatic heterocycles. The zero-order valence-electron chi connectivity index (χ0n) is 11.8. The van der Waals surface area contributed by atoms with Gasteiger partial charge in [-0.15, -0.1) is 0 Å². The fraction of sp³-hybridized carbons (Fsp3) is 0.538. The maximum Gasteiger partial charge on any atom is 0.321 e. The van der Waals surface area contributed by atoms with E-state index in [4.69, 9.17) is 4.42 Å². The lowest BCUT2D eigenvalue weighted by molar-refractivity contribution is -0.121. The second-order valence-electron chi connectivity index (χ2n) is 5.50. The highest BCUT2D eigenvalue weighted by Gasteiger charge is 2.16. The summed E-state index contributed by atoms with van der Waals surface area (Å²) in [5, 5.41) is 4.95. The molecule has 0 saturated heterocycles. The highest BCUT2D eigenvalue weighted by Crippen LogP contribution is 2.03. The Morgan fingerprint density at radius 2 is 2.05 bits per heavy atom. The van der Waals surface area contributed by atoms with Crippen LogP contribution in [-0.2, 0) is 11.3 Å². The number of carbonyl (C=O) groups is 2. The van der Waals surface area contributed by atoms with E-state index in [1.54, 1.807) is 24.3 Å². The normalized spacial score (nSPS) is 11.4. The number of nitrogens with one attached hydrogen (secondary N) is 2. The molecule has 0 spiro atoms. The van der Waals surface area contributed by atoms with Crippen LogP contribution in [0.1, 0.15) is 26.5 Å². The van der Waals surface area contributed by atoms with E-state index in [2.05, 4.69) is 10.6 Å². The number of imide groups is 1. The number of amides is 3. The zero-order chi connectivity index (χ0) is 14.5. The van der Waals surface area contributed by atoms with Crippen molar-refractivity contribution >= 4 is 11.9 Å². The van der Waals surface area contributed by atoms with E-state index in [1.807, 2.05) is 26.8 Å². The second kappa shape index (κ2) is 6.38. The third kappa shape index (κ3) is 6.61. The van der Waals surface area contributed by atoms with Crippen molar-refractivity contribution in [2.24, 2.45) is 0 Å². The number of likely N-dealkylation sites (N-methyl/N-ethyl adjacent to an activating group) is 1. The summed E-state index contributed by atoms with van der Waals surface area (Å²) in [5.74, 6) is 0.422. The number of urea groups is 1. The van der Waals surface area contributed by atoms with Gasteiger partial charge in [0.05, 0.1) is 19.4 Å². The standard InChI is InChI=1S/C13H21N3O3/c1-13(2,3)15-12(18)14-11(17)9-16(4)8-10-6-5-7-19-10/h5-7H,8-9H2,1-4H3,(H2,14,15,17,18). The summed E-state index contributed by atoms with van der Waals surface area (Å²) in [4.78, 5) is 24.9. The Labute approximate surface area is 113 Å². The first-order chi connectivity index (χ1) is 8.76. The zero-order valence-corrected chi connectivity index (χ0v) is 11.8. The van der Waals surface area contributed by atoms with Crippen LogP contribution in [0.15, 0.2) is 22.8 Å². The van der Waals surface area contributed by atoms with Crippen LogP contribution in [0, 0.1) is 0 Å². The van der Waals surface area contributed by atoms with Crippen molar-refractivity contribution in [3.63, 3.8) is 0 Å². The van der Waals surface area contributed by atoms with Crippen LogP contribution >= 0.6 is 0 Å². The minimum atomic E-state index is -0.483. The lowest BCUT2D eigenvalue weighted by Gasteiger charge is -2.21. The number of hydrogen-bond donors (Lipinski definition) is 2. The van der Waals surface area contributed by atoms with E-state index in [1.165, 1.54) is 0 Å². The summed E-state index contributed by atoms with van der Waals surface area (Å²) in [7, 11) is 1.78. The molecule has 0 unspecified atom stereocenters. The van der Waals surface area contributed by atoms with Gasteiger partial charge in [0.25, 0.3) is 0 Å². The third-order valence-corrected chi connectivity index (χ3v) is 2.16. The average molecular weight is 267 g/mol. The fourth-order valence-corrected chi connectivity index (χ4v) is 1.51. The first-order valence-corrected chi connectivity index (χ1v) is 6.09. The largest absolute Gasteiger partial charge is 0.468 e. The summed E-state index contributed by atoms with van der Waals surface area (Å²) < 4.78 is 5.18. The number of hydrogen-bond acceptors (Lipinski definition) is 4. The summed E-state index contributed by atoms with van der Waals surface area (Å²) in [6.07, 6.45) is 1.58. The molecule has 0 saturated carbocycles. The van der Waals surface area contributed by atoms with Gasteiger partial charge in [-0.2, -0.15) is 0 Å². The highest BCUT2D eigenvalue weighted by molar-refractivity contribution is 5.95. The van der Waals surface area contributed by atoms with E-state index in [-0.39, 0.29) is 18.0 Å². The molecule has 1 aromatic heterocycles. The predicted octanol–water partition coefficient (Wildman–Crippen LogP) is 1.34. The van der Waals surface area contributed by atoms with Crippen molar-refractivity contribution in [2.75, 3.05) is 13.6 Å². The lowest BCUT2D eigenvalue weighted by Crippen LogP contribution is -2.50. The Kier molecular flexibility index (Phi) is 5.11. The van der Waals surface area contributed by atoms with Crippen molar-refractivity contribution in [1.29, 1.82) is 0 Å². The first kappa shape index (κ1) is 15.2. The number of nitrogens with zero attached hydrogens (tertiary/aromatic N) is 1. The van der Waals surface area contributed by atoms with Gasteiger partial charge in [0.15, 0.2) is 0 Å². The van der Waals surface area contributed by atoms with E-state index in [9.17, 15) is 9.59 Å². The van der Waals surface area contributed by atoms with Crippen molar-refractivity contribution in [3.05, 3.63) is 24.2 Å². The van der Waals surface area contributed by atoms with Gasteiger partial charge in [-0.05, 0) is 40.0 Å². The molecule has 1 rings (SSSR count). The highest BCUT2D eigenvalue weighted by atomic mass is 16.3. The third-order valence-electron chi connectivity index (χ3n) is 2.16. The topological polar surface area (TPSA) is 74.6 Å². The minimum absolute atomic E-state index is 0.123. The number of rotatable bonds is 4. The van der Waals surface area contributed by atoms with Crippen LogP contribution in [-0.4, -0.2) is 36.0 Å². The van der Waals surface area contributed by atoms with Gasteiger partial charge in [0.2, 0.25) is 5.91 Å². The van der Waals surface area contributed by atoms with Crippen LogP contribution in [0.5, 0.6) is 0 Å². The quantitative estimate of drug-likeness (QED) is 0.863. The Hall–Kier alpha value is -1.82. The Bertz CT molecular complexity index is 421. The molecule has 19 heavy (non-hydrogen) atoms. The smallest absolute Gasteiger partial charge is 0.321 e. The van der Waals surface area contributed by atoms with Crippen LogP contribution in [0.3, 0.4) is 0 Å². The molecule has 106 valence electrons. The van der Waals surface area contributed by atoms with E-state index in [0.717, 1.165) is 5.76 Å². The van der Waals surface area contributed by atoms with Crippen molar-refractivity contribution < 1.29 is 14.0 Å². The van der Waals surface area contributed by atoms with Crippen LogP contribution in [0.4, 0.5) is 4.79 Å². The molecule has 2 N–H and O–H groups in total. The maximum atomic E-state index is 11.6. The fourth-order valence-electron chi connectivity index (χ4n) is 1.51. The molecule has 0 aromatic carbocycles. The van der Waals surface area contributed by atoms with Crippen LogP contribution < -0.4 is 10.6 Å². The molecular formula is C13H21N3O3. The minimum Gasteiger partial charge on any atom is -0.468 e. The van der Waals surface area contributed by atoms with Crippen LogP contribution in [0.2, 0.25) is 0 Å². The number of furan rings is 1. The molecule has 0 fully saturated rings. The summed E-state index contributed by atoms with van der Waals surface area (Å²) in [6, 6.07) is 3.14. The van der Waals surface area contributed by atoms with Gasteiger partial charge >= 0.3 is 6.03 Å². The lowest BCUT2D eigenvalue weighted by atomic mass is 10.1. The van der Waals surface area contributed by atoms with Gasteiger partial charge in [-0.25, -0.2) is 4.79 Å². The molecule has 0 atom stereocenters. The average Bonchev–Trinajstić information content (AvgIpc) is 2.65. The van der Waals surface area contributed by atoms with E-state index in [0.29, 0.717) is 6.54 Å². The van der Waals surface area contributed by atoms with Gasteiger partial charge in [0.1, 0.15) is 5.76 Å². The van der Waals surface area contributed by atoms with Gasteiger partial charge in [0, 0.05) is 5.54 Å². The van der Waals surface area contributed by atoms with Crippen molar-refractivity contribution in [1.82, 2.24) is 15.5 Å². The van der Waals surface area contributed by atoms with Gasteiger partial charge in [-0.3, -0.25) is 15.0 Å². The Balaban J connectivity index is 2.32. The Morgan fingerprint density at radius 1 is 1.37 bits per heavy atom. The molecular weight excluding hydrogens is 246 g/mol. The molecule has 6 nitrogen and oxygen atoms in total. The summed E-state index contributed by atoms with van der Waals surface area (Å²) in [5.41, 5.74) is -0.371. The molecule has 0 aliphatic rings. The van der Waals surface area contributed by atoms with Crippen molar-refractivity contribution in [2.45, 2.75) is 32.9 Å². The van der Waals surface area contributed by atoms with E-state index < -0.39 is 6.03 Å². The predicted molar refractivity (Wildman–Crippen MR) is 71.5 cm³/mol. The Morgan fingerprint density at radius 3 is 2.58 bits per heavy atom. The molecule has 0 aliphatic carbocycles. The SMILES string of the molecule is CN(CC(=O)NC(=O)NC(C)(C)C)Cc1ccco1. The van der Waals surface area contributed by atoms with Gasteiger partial charge in [-0.1, -0.05) is 0 Å². The molecule has 0 bridgehead atoms.